The third-order valence-corrected chi connectivity index (χ3v) is 5.79. The fourth-order valence-electron chi connectivity index (χ4n) is 4.16. The number of hydrazine groups is 1. The molecule has 6 nitrogen and oxygen atoms in total. The molecule has 3 aliphatic heterocycles. The molecule has 0 atom stereocenters. The lowest BCUT2D eigenvalue weighted by Crippen LogP contribution is -2.27. The summed E-state index contributed by atoms with van der Waals surface area (Å²) in [6.07, 6.45) is 10.3. The van der Waals surface area contributed by atoms with E-state index in [1.807, 2.05) is 30.4 Å². The quantitative estimate of drug-likeness (QED) is 0.420. The van der Waals surface area contributed by atoms with Crippen molar-refractivity contribution in [1.29, 1.82) is 0 Å². The van der Waals surface area contributed by atoms with Crippen LogP contribution in [0.4, 0.5) is 0 Å². The van der Waals surface area contributed by atoms with Crippen molar-refractivity contribution in [1.82, 2.24) is 30.0 Å². The lowest BCUT2D eigenvalue weighted by Gasteiger charge is -2.18. The van der Waals surface area contributed by atoms with Gasteiger partial charge in [0.05, 0.1) is 22.8 Å². The molecule has 2 N–H and O–H groups in total. The number of hydrogen-bond donors (Lipinski definition) is 2. The van der Waals surface area contributed by atoms with Crippen molar-refractivity contribution in [2.45, 2.75) is 0 Å². The second kappa shape index (κ2) is 6.82. The maximum Gasteiger partial charge on any atom is 0.0659 e. The molecular formula is C25H22N6. The zero-order valence-electron chi connectivity index (χ0n) is 17.4. The van der Waals surface area contributed by atoms with Gasteiger partial charge in [-0.1, -0.05) is 0 Å². The van der Waals surface area contributed by atoms with Gasteiger partial charge in [-0.3, -0.25) is 0 Å². The summed E-state index contributed by atoms with van der Waals surface area (Å²) < 4.78 is 0. The Morgan fingerprint density at radius 1 is 0.710 bits per heavy atom. The minimum Gasteiger partial charge on any atom is -0.355 e. The van der Waals surface area contributed by atoms with Crippen molar-refractivity contribution in [3.63, 3.8) is 0 Å². The Morgan fingerprint density at radius 3 is 2.03 bits per heavy atom. The summed E-state index contributed by atoms with van der Waals surface area (Å²) in [5.41, 5.74) is 10.3. The fourth-order valence-corrected chi connectivity index (χ4v) is 4.16. The minimum atomic E-state index is 0.870. The van der Waals surface area contributed by atoms with E-state index in [0.717, 1.165) is 51.4 Å². The number of hydrogen-bond acceptors (Lipinski definition) is 4. The van der Waals surface area contributed by atoms with E-state index in [2.05, 4.69) is 81.7 Å². The van der Waals surface area contributed by atoms with Crippen LogP contribution in [0.25, 0.3) is 51.9 Å². The summed E-state index contributed by atoms with van der Waals surface area (Å²) in [7, 11) is 4.16. The second-order valence-corrected chi connectivity index (χ2v) is 8.13. The third-order valence-electron chi connectivity index (χ3n) is 5.79. The van der Waals surface area contributed by atoms with Crippen LogP contribution in [0.5, 0.6) is 0 Å². The number of likely N-dealkylation sites (N-methyl/N-ethyl adjacent to an activating group) is 1. The topological polar surface area (TPSA) is 63.8 Å². The molecular weight excluding hydrogens is 384 g/mol. The first kappa shape index (κ1) is 17.9. The number of fused-ring (bicyclic) bond motifs is 8. The summed E-state index contributed by atoms with van der Waals surface area (Å²) in [5, 5.41) is 4.31. The van der Waals surface area contributed by atoms with Gasteiger partial charge in [0, 0.05) is 54.5 Å². The van der Waals surface area contributed by atoms with Crippen LogP contribution in [0.2, 0.25) is 0 Å². The molecule has 3 aromatic heterocycles. The maximum atomic E-state index is 4.78. The standard InChI is InChI=1S/C25H22N6/c1-30-14-16(15-31(30)2)24-12-23-11-21-6-5-19(27-21)9-17-3-4-18(26-17)10-20-7-8-22(28-20)13-25(24)29-23/h3-14,27,29H,15H2,1-2H3. The van der Waals surface area contributed by atoms with Crippen LogP contribution >= 0.6 is 0 Å². The smallest absolute Gasteiger partial charge is 0.0659 e. The Kier molecular flexibility index (Phi) is 3.94. The zero-order valence-corrected chi connectivity index (χ0v) is 17.4. The van der Waals surface area contributed by atoms with Crippen LogP contribution in [0.1, 0.15) is 28.3 Å². The van der Waals surface area contributed by atoms with Gasteiger partial charge in [-0.15, -0.1) is 0 Å². The zero-order chi connectivity index (χ0) is 20.9. The summed E-state index contributed by atoms with van der Waals surface area (Å²) in [4.78, 5) is 16.5. The van der Waals surface area contributed by atoms with E-state index in [1.165, 1.54) is 11.1 Å². The van der Waals surface area contributed by atoms with E-state index in [4.69, 9.17) is 4.98 Å². The van der Waals surface area contributed by atoms with Crippen molar-refractivity contribution in [2.24, 2.45) is 0 Å². The number of nitrogens with zero attached hydrogens (tertiary/aromatic N) is 4. The molecule has 0 aliphatic carbocycles. The average molecular weight is 406 g/mol. The highest BCUT2D eigenvalue weighted by atomic mass is 15.6. The summed E-state index contributed by atoms with van der Waals surface area (Å²) in [6, 6.07) is 14.7. The van der Waals surface area contributed by atoms with E-state index in [1.54, 1.807) is 0 Å². The SMILES string of the molecule is CN1C=C(c2cc3cc4ccc(cc5nc(cc6nc(cc2[nH]3)C=C6)C=C5)[nH]4)CN1C. The second-order valence-electron chi connectivity index (χ2n) is 8.13. The largest absolute Gasteiger partial charge is 0.355 e. The molecule has 0 amide bonds. The molecule has 152 valence electrons. The van der Waals surface area contributed by atoms with Crippen molar-refractivity contribution >= 4 is 51.9 Å². The highest BCUT2D eigenvalue weighted by Gasteiger charge is 2.18. The molecule has 6 rings (SSSR count). The van der Waals surface area contributed by atoms with E-state index in [-0.39, 0.29) is 0 Å². The van der Waals surface area contributed by atoms with Gasteiger partial charge < -0.3 is 15.0 Å². The molecule has 8 bridgehead atoms. The Bertz CT molecular complexity index is 1450. The third kappa shape index (κ3) is 3.37. The lowest BCUT2D eigenvalue weighted by atomic mass is 10.1. The minimum absolute atomic E-state index is 0.870. The van der Waals surface area contributed by atoms with Crippen molar-refractivity contribution < 1.29 is 0 Å². The van der Waals surface area contributed by atoms with Gasteiger partial charge in [-0.2, -0.15) is 0 Å². The van der Waals surface area contributed by atoms with Crippen LogP contribution in [-0.2, 0) is 0 Å². The number of rotatable bonds is 1. The first-order valence-electron chi connectivity index (χ1n) is 10.3. The molecule has 0 aromatic carbocycles. The predicted molar refractivity (Wildman–Crippen MR) is 127 cm³/mol. The molecule has 0 unspecified atom stereocenters. The molecule has 0 saturated carbocycles. The van der Waals surface area contributed by atoms with E-state index >= 15 is 0 Å². The van der Waals surface area contributed by atoms with Crippen molar-refractivity contribution in [3.05, 3.63) is 77.0 Å². The fraction of sp³-hybridized carbons (Fsp3) is 0.120. The van der Waals surface area contributed by atoms with E-state index < -0.39 is 0 Å². The van der Waals surface area contributed by atoms with Gasteiger partial charge in [0.15, 0.2) is 0 Å². The number of nitrogens with one attached hydrogen (secondary N) is 2. The maximum absolute atomic E-state index is 4.78. The van der Waals surface area contributed by atoms with Crippen LogP contribution in [0.15, 0.2) is 48.7 Å². The van der Waals surface area contributed by atoms with Crippen molar-refractivity contribution in [3.8, 4) is 0 Å². The van der Waals surface area contributed by atoms with Gasteiger partial charge in [0.2, 0.25) is 0 Å². The highest BCUT2D eigenvalue weighted by molar-refractivity contribution is 5.86. The van der Waals surface area contributed by atoms with E-state index in [9.17, 15) is 0 Å². The Morgan fingerprint density at radius 2 is 1.35 bits per heavy atom. The Balaban J connectivity index is 1.64. The molecule has 0 fully saturated rings. The monoisotopic (exact) mass is 406 g/mol. The highest BCUT2D eigenvalue weighted by Crippen LogP contribution is 2.28. The van der Waals surface area contributed by atoms with Gasteiger partial charge >= 0.3 is 0 Å². The predicted octanol–water partition coefficient (Wildman–Crippen LogP) is 4.79. The molecule has 3 aromatic rings. The first-order valence-corrected chi connectivity index (χ1v) is 10.3. The van der Waals surface area contributed by atoms with Gasteiger partial charge in [0.25, 0.3) is 0 Å². The average Bonchev–Trinajstić information content (AvgIpc) is 3.53. The van der Waals surface area contributed by atoms with Crippen LogP contribution in [0, 0.1) is 0 Å². The molecule has 6 heteroatoms. The molecule has 3 aliphatic rings. The summed E-state index contributed by atoms with van der Waals surface area (Å²) in [5.74, 6) is 0. The normalized spacial score (nSPS) is 15.7. The van der Waals surface area contributed by atoms with Crippen LogP contribution in [0.3, 0.4) is 0 Å². The van der Waals surface area contributed by atoms with Gasteiger partial charge in [-0.25, -0.2) is 15.0 Å². The Hall–Kier alpha value is -3.90. The number of aromatic nitrogens is 4. The van der Waals surface area contributed by atoms with Crippen LogP contribution < -0.4 is 0 Å². The van der Waals surface area contributed by atoms with Crippen molar-refractivity contribution in [2.75, 3.05) is 20.6 Å². The number of H-pyrrole nitrogens is 2. The Labute approximate surface area is 179 Å². The van der Waals surface area contributed by atoms with Gasteiger partial charge in [-0.05, 0) is 72.3 Å². The molecule has 6 heterocycles. The molecule has 0 spiro atoms. The molecule has 0 saturated heterocycles. The molecule has 31 heavy (non-hydrogen) atoms. The summed E-state index contributed by atoms with van der Waals surface area (Å²) >= 11 is 0. The molecule has 0 radical (unpaired) electrons. The van der Waals surface area contributed by atoms with Gasteiger partial charge in [0.1, 0.15) is 0 Å². The van der Waals surface area contributed by atoms with E-state index in [0.29, 0.717) is 0 Å². The first-order chi connectivity index (χ1) is 15.1. The van der Waals surface area contributed by atoms with Crippen LogP contribution in [-0.4, -0.2) is 50.6 Å². The lowest BCUT2D eigenvalue weighted by molar-refractivity contribution is 0.118. The summed E-state index contributed by atoms with van der Waals surface area (Å²) in [6.45, 7) is 0.870. The number of aromatic amines is 2.